The summed E-state index contributed by atoms with van der Waals surface area (Å²) in [7, 11) is 0. The van der Waals surface area contributed by atoms with Crippen molar-refractivity contribution in [1.82, 2.24) is 20.4 Å². The Hall–Kier alpha value is -1.42. The normalized spacial score (nSPS) is 22.2. The van der Waals surface area contributed by atoms with Gasteiger partial charge in [0.1, 0.15) is 12.1 Å². The van der Waals surface area contributed by atoms with Crippen LogP contribution in [-0.4, -0.2) is 80.9 Å². The third kappa shape index (κ3) is 10.9. The Kier molecular flexibility index (Phi) is 14.5. The minimum atomic E-state index is -0.607. The Morgan fingerprint density at radius 3 is 2.35 bits per heavy atom. The molecule has 0 spiro atoms. The van der Waals surface area contributed by atoms with E-state index in [0.717, 1.165) is 38.2 Å². The van der Waals surface area contributed by atoms with Crippen molar-refractivity contribution >= 4 is 53.7 Å². The van der Waals surface area contributed by atoms with Gasteiger partial charge in [-0.05, 0) is 62.7 Å². The van der Waals surface area contributed by atoms with Crippen molar-refractivity contribution in [3.8, 4) is 0 Å². The zero-order chi connectivity index (χ0) is 30.1. The van der Waals surface area contributed by atoms with Crippen molar-refractivity contribution in [2.24, 2.45) is 11.8 Å². The highest BCUT2D eigenvalue weighted by Crippen LogP contribution is 2.39. The third-order valence-corrected chi connectivity index (χ3v) is 11.5. The first-order valence-electron chi connectivity index (χ1n) is 16.0. The molecule has 2 atom stereocenters. The van der Waals surface area contributed by atoms with E-state index in [9.17, 15) is 14.4 Å². The second-order valence-electron chi connectivity index (χ2n) is 13.3. The molecule has 2 saturated heterocycles. The molecular weight excluding hydrogens is 600 g/mol. The van der Waals surface area contributed by atoms with Crippen LogP contribution in [-0.2, 0) is 20.9 Å². The third-order valence-electron chi connectivity index (χ3n) is 8.82. The maximum Gasteiger partial charge on any atom is 0.244 e. The number of rotatable bonds is 12. The van der Waals surface area contributed by atoms with E-state index in [1.54, 1.807) is 28.4 Å². The number of thioether (sulfide) groups is 2. The lowest BCUT2D eigenvalue weighted by Gasteiger charge is -2.35. The molecule has 10 heteroatoms. The van der Waals surface area contributed by atoms with Crippen LogP contribution in [0.15, 0.2) is 30.3 Å². The number of hydrogen-bond acceptors (Lipinski definition) is 6. The molecule has 2 aliphatic heterocycles. The number of likely N-dealkylation sites (tertiary alicyclic amines) is 1. The first kappa shape index (κ1) is 36.1. The van der Waals surface area contributed by atoms with Gasteiger partial charge in [-0.3, -0.25) is 19.3 Å². The Morgan fingerprint density at radius 2 is 1.70 bits per heavy atom. The molecule has 2 N–H and O–H groups in total. The molecular formula is C33H53ClN4O3S2. The number of carbonyl (C=O) groups is 3. The zero-order valence-corrected chi connectivity index (χ0v) is 29.0. The lowest BCUT2D eigenvalue weighted by atomic mass is 9.91. The minimum absolute atomic E-state index is 0. The molecule has 7 nitrogen and oxygen atoms in total. The molecule has 4 rings (SSSR count). The van der Waals surface area contributed by atoms with Crippen LogP contribution in [0.1, 0.15) is 84.6 Å². The minimum Gasteiger partial charge on any atom is -0.351 e. The molecule has 1 saturated carbocycles. The zero-order valence-electron chi connectivity index (χ0n) is 26.5. The molecule has 0 bridgehead atoms. The lowest BCUT2D eigenvalue weighted by molar-refractivity contribution is -0.143. The summed E-state index contributed by atoms with van der Waals surface area (Å²) in [5.74, 6) is 2.77. The number of hydrogen-bond donors (Lipinski definition) is 2. The van der Waals surface area contributed by atoms with Crippen LogP contribution in [0.5, 0.6) is 0 Å². The van der Waals surface area contributed by atoms with Gasteiger partial charge in [0.2, 0.25) is 17.7 Å². The number of nitrogens with one attached hydrogen (secondary N) is 2. The molecule has 3 fully saturated rings. The average Bonchev–Trinajstić information content (AvgIpc) is 3.29. The molecule has 3 aliphatic rings. The number of benzene rings is 1. The monoisotopic (exact) mass is 652 g/mol. The largest absolute Gasteiger partial charge is 0.351 e. The van der Waals surface area contributed by atoms with Crippen molar-refractivity contribution < 1.29 is 14.4 Å². The molecule has 3 amide bonds. The number of carbonyl (C=O) groups excluding carboxylic acids is 3. The lowest BCUT2D eigenvalue weighted by Crippen LogP contribution is -2.58. The fourth-order valence-corrected chi connectivity index (χ4v) is 8.96. The summed E-state index contributed by atoms with van der Waals surface area (Å²) >= 11 is 3.42. The number of nitrogens with zero attached hydrogens (tertiary/aromatic N) is 2. The van der Waals surface area contributed by atoms with Gasteiger partial charge in [0.15, 0.2) is 0 Å². The Bertz CT molecular complexity index is 1030. The van der Waals surface area contributed by atoms with Crippen LogP contribution < -0.4 is 10.6 Å². The van der Waals surface area contributed by atoms with E-state index in [1.807, 2.05) is 33.8 Å². The highest BCUT2D eigenvalue weighted by molar-refractivity contribution is 8.00. The first-order chi connectivity index (χ1) is 20.1. The van der Waals surface area contributed by atoms with Gasteiger partial charge in [-0.15, -0.1) is 24.2 Å². The van der Waals surface area contributed by atoms with E-state index in [1.165, 1.54) is 37.7 Å². The smallest absolute Gasteiger partial charge is 0.244 e. The topological polar surface area (TPSA) is 81.8 Å². The van der Waals surface area contributed by atoms with Crippen molar-refractivity contribution in [1.29, 1.82) is 0 Å². The Morgan fingerprint density at radius 1 is 1.02 bits per heavy atom. The van der Waals surface area contributed by atoms with Gasteiger partial charge >= 0.3 is 0 Å². The second-order valence-corrected chi connectivity index (χ2v) is 16.0. The van der Waals surface area contributed by atoms with Crippen LogP contribution in [0.25, 0.3) is 0 Å². The van der Waals surface area contributed by atoms with E-state index >= 15 is 0 Å². The van der Waals surface area contributed by atoms with Gasteiger partial charge < -0.3 is 15.5 Å². The summed E-state index contributed by atoms with van der Waals surface area (Å²) in [6, 6.07) is 9.46. The van der Waals surface area contributed by atoms with Gasteiger partial charge in [0, 0.05) is 43.6 Å². The summed E-state index contributed by atoms with van der Waals surface area (Å²) in [4.78, 5) is 44.3. The van der Waals surface area contributed by atoms with Crippen LogP contribution in [0.4, 0.5) is 0 Å². The number of piperidine rings is 1. The van der Waals surface area contributed by atoms with E-state index in [-0.39, 0.29) is 42.1 Å². The summed E-state index contributed by atoms with van der Waals surface area (Å²) in [6.45, 7) is 10.9. The van der Waals surface area contributed by atoms with Crippen LogP contribution in [0, 0.1) is 11.8 Å². The average molecular weight is 653 g/mol. The molecule has 242 valence electrons. The predicted octanol–water partition coefficient (Wildman–Crippen LogP) is 5.71. The highest BCUT2D eigenvalue weighted by Gasteiger charge is 2.47. The Labute approximate surface area is 274 Å². The first-order valence-corrected chi connectivity index (χ1v) is 18.2. The number of amides is 3. The maximum absolute atomic E-state index is 13.7. The predicted molar refractivity (Wildman–Crippen MR) is 183 cm³/mol. The van der Waals surface area contributed by atoms with E-state index in [4.69, 9.17) is 0 Å². The summed E-state index contributed by atoms with van der Waals surface area (Å²) in [5, 5.41) is 6.40. The molecule has 1 aromatic rings. The van der Waals surface area contributed by atoms with Crippen molar-refractivity contribution in [3.63, 3.8) is 0 Å². The molecule has 0 unspecified atom stereocenters. The maximum atomic E-state index is 13.7. The second kappa shape index (κ2) is 17.3. The SMILES string of the molecule is CC(C)CC(=O)N1[C@H](C(=O)N[C@@H](CSCC2CCCCC2)C(=O)NC2CCN(Cc3ccccc3)CC2)CSC1(C)C.Cl. The molecule has 2 heterocycles. The van der Waals surface area contributed by atoms with Gasteiger partial charge in [-0.25, -0.2) is 0 Å². The van der Waals surface area contributed by atoms with Crippen LogP contribution in [0.2, 0.25) is 0 Å². The van der Waals surface area contributed by atoms with Gasteiger partial charge in [-0.1, -0.05) is 63.4 Å². The van der Waals surface area contributed by atoms with Crippen molar-refractivity contribution in [2.45, 2.75) is 109 Å². The van der Waals surface area contributed by atoms with E-state index in [0.29, 0.717) is 23.8 Å². The molecule has 1 aromatic carbocycles. The fourth-order valence-electron chi connectivity index (χ4n) is 6.45. The summed E-state index contributed by atoms with van der Waals surface area (Å²) in [5.41, 5.74) is 1.31. The van der Waals surface area contributed by atoms with Crippen LogP contribution >= 0.6 is 35.9 Å². The summed E-state index contributed by atoms with van der Waals surface area (Å²) in [6.07, 6.45) is 8.66. The van der Waals surface area contributed by atoms with Crippen molar-refractivity contribution in [2.75, 3.05) is 30.3 Å². The van der Waals surface area contributed by atoms with Gasteiger partial charge in [0.05, 0.1) is 4.87 Å². The van der Waals surface area contributed by atoms with Gasteiger partial charge in [-0.2, -0.15) is 11.8 Å². The molecule has 1 aliphatic carbocycles. The quantitative estimate of drug-likeness (QED) is 0.301. The van der Waals surface area contributed by atoms with Gasteiger partial charge in [0.25, 0.3) is 0 Å². The molecule has 43 heavy (non-hydrogen) atoms. The standard InChI is InChI=1S/C33H52N4O3S2.ClH/c1-24(2)19-30(38)37-29(23-42-33(37,3)4)32(40)35-28(22-41-21-26-13-9-6-10-14-26)31(39)34-27-15-17-36(18-16-27)20-25-11-7-5-8-12-25;/h5,7-8,11-12,24,26-29H,6,9-10,13-23H2,1-4H3,(H,34,39)(H,35,40);1H/t28-,29-;/m0./s1. The van der Waals surface area contributed by atoms with Crippen LogP contribution in [0.3, 0.4) is 0 Å². The van der Waals surface area contributed by atoms with Crippen molar-refractivity contribution in [3.05, 3.63) is 35.9 Å². The Balaban J connectivity index is 0.00000506. The van der Waals surface area contributed by atoms with E-state index < -0.39 is 17.0 Å². The molecule has 0 aromatic heterocycles. The number of halogens is 1. The van der Waals surface area contributed by atoms with E-state index in [2.05, 4.69) is 39.8 Å². The highest BCUT2D eigenvalue weighted by atomic mass is 35.5. The summed E-state index contributed by atoms with van der Waals surface area (Å²) < 4.78 is 0. The fraction of sp³-hybridized carbons (Fsp3) is 0.727. The molecule has 0 radical (unpaired) electrons.